The molecule has 0 radical (unpaired) electrons. The molecule has 0 unspecified atom stereocenters. The van der Waals surface area contributed by atoms with Gasteiger partial charge in [0.1, 0.15) is 17.7 Å². The number of likely N-dealkylation sites (tertiary alicyclic amines) is 1. The fraction of sp³-hybridized carbons (Fsp3) is 0.269. The fourth-order valence-corrected chi connectivity index (χ4v) is 4.60. The summed E-state index contributed by atoms with van der Waals surface area (Å²) in [7, 11) is 1.54. The van der Waals surface area contributed by atoms with E-state index in [9.17, 15) is 18.8 Å². The minimum absolute atomic E-state index is 0.0851. The van der Waals surface area contributed by atoms with Gasteiger partial charge in [-0.25, -0.2) is 14.2 Å². The van der Waals surface area contributed by atoms with Crippen LogP contribution in [0.15, 0.2) is 61.1 Å². The van der Waals surface area contributed by atoms with E-state index in [1.54, 1.807) is 37.4 Å². The number of aromatic nitrogens is 2. The monoisotopic (exact) mass is 524 g/mol. The molecule has 11 heteroatoms. The van der Waals surface area contributed by atoms with Crippen LogP contribution in [0.2, 0.25) is 5.02 Å². The molecular weight excluding hydrogens is 499 g/mol. The maximum atomic E-state index is 14.4. The quantitative estimate of drug-likeness (QED) is 0.454. The van der Waals surface area contributed by atoms with Crippen molar-refractivity contribution in [3.63, 3.8) is 0 Å². The summed E-state index contributed by atoms with van der Waals surface area (Å²) in [6, 6.07) is 9.31. The zero-order valence-electron chi connectivity index (χ0n) is 20.3. The van der Waals surface area contributed by atoms with Gasteiger partial charge in [0.15, 0.2) is 0 Å². The molecule has 1 fully saturated rings. The summed E-state index contributed by atoms with van der Waals surface area (Å²) in [5, 5.41) is 3.34. The highest BCUT2D eigenvalue weighted by atomic mass is 35.5. The number of urea groups is 1. The van der Waals surface area contributed by atoms with E-state index in [4.69, 9.17) is 17.3 Å². The second-order valence-corrected chi connectivity index (χ2v) is 9.17. The summed E-state index contributed by atoms with van der Waals surface area (Å²) in [6.45, 7) is 1.88. The van der Waals surface area contributed by atoms with Crippen molar-refractivity contribution in [2.24, 2.45) is 5.92 Å². The highest BCUT2D eigenvalue weighted by Gasteiger charge is 2.55. The SMILES string of the molecule is CC[C@@H](NC(=O)N1C(=O)[C@H](Cc2cc(N)ncc2F)[C@H]1C(=O)N(C)c1ccncc1)c1cccc(Cl)c1. The molecule has 0 aliphatic carbocycles. The van der Waals surface area contributed by atoms with Crippen molar-refractivity contribution in [2.45, 2.75) is 31.8 Å². The average molecular weight is 525 g/mol. The first-order valence-corrected chi connectivity index (χ1v) is 12.1. The Balaban J connectivity index is 1.62. The summed E-state index contributed by atoms with van der Waals surface area (Å²) in [5.41, 5.74) is 7.13. The Morgan fingerprint density at radius 2 is 1.97 bits per heavy atom. The number of nitrogens with one attached hydrogen (secondary N) is 1. The number of pyridine rings is 2. The number of rotatable bonds is 7. The highest BCUT2D eigenvalue weighted by Crippen LogP contribution is 2.34. The Kier molecular flexibility index (Phi) is 7.68. The van der Waals surface area contributed by atoms with E-state index in [0.29, 0.717) is 17.1 Å². The summed E-state index contributed by atoms with van der Waals surface area (Å²) in [4.78, 5) is 50.1. The first-order valence-electron chi connectivity index (χ1n) is 11.7. The number of nitrogen functional groups attached to an aromatic ring is 1. The van der Waals surface area contributed by atoms with Crippen molar-refractivity contribution in [3.05, 3.63) is 83.0 Å². The average Bonchev–Trinajstić information content (AvgIpc) is 2.90. The number of carbonyl (C=O) groups is 3. The minimum atomic E-state index is -1.16. The lowest BCUT2D eigenvalue weighted by molar-refractivity contribution is -0.156. The number of anilines is 2. The Morgan fingerprint density at radius 3 is 2.65 bits per heavy atom. The lowest BCUT2D eigenvalue weighted by Crippen LogP contribution is -2.70. The van der Waals surface area contributed by atoms with Gasteiger partial charge in [0.2, 0.25) is 5.91 Å². The van der Waals surface area contributed by atoms with E-state index < -0.39 is 41.7 Å². The van der Waals surface area contributed by atoms with Crippen molar-refractivity contribution >= 4 is 41.0 Å². The second-order valence-electron chi connectivity index (χ2n) is 8.73. The largest absolute Gasteiger partial charge is 0.384 e. The maximum absolute atomic E-state index is 14.4. The third-order valence-electron chi connectivity index (χ3n) is 6.42. The van der Waals surface area contributed by atoms with Gasteiger partial charge in [-0.05, 0) is 54.3 Å². The number of likely N-dealkylation sites (N-methyl/N-ethyl adjacent to an activating group) is 1. The van der Waals surface area contributed by atoms with Crippen molar-refractivity contribution in [3.8, 4) is 0 Å². The smallest absolute Gasteiger partial charge is 0.325 e. The van der Waals surface area contributed by atoms with E-state index in [1.807, 2.05) is 13.0 Å². The molecule has 1 aliphatic rings. The second kappa shape index (κ2) is 10.9. The third kappa shape index (κ3) is 5.39. The van der Waals surface area contributed by atoms with Gasteiger partial charge in [0.05, 0.1) is 18.2 Å². The number of amides is 4. The van der Waals surface area contributed by atoms with Gasteiger partial charge in [-0.15, -0.1) is 0 Å². The molecule has 3 aromatic rings. The van der Waals surface area contributed by atoms with Crippen LogP contribution in [0.3, 0.4) is 0 Å². The number of benzene rings is 1. The molecule has 37 heavy (non-hydrogen) atoms. The molecule has 0 saturated carbocycles. The van der Waals surface area contributed by atoms with Crippen molar-refractivity contribution < 1.29 is 18.8 Å². The molecule has 0 bridgehead atoms. The van der Waals surface area contributed by atoms with Crippen LogP contribution in [0, 0.1) is 11.7 Å². The molecule has 1 aliphatic heterocycles. The van der Waals surface area contributed by atoms with E-state index in [-0.39, 0.29) is 17.8 Å². The summed E-state index contributed by atoms with van der Waals surface area (Å²) < 4.78 is 14.4. The highest BCUT2D eigenvalue weighted by molar-refractivity contribution is 6.30. The predicted molar refractivity (Wildman–Crippen MR) is 137 cm³/mol. The van der Waals surface area contributed by atoms with Gasteiger partial charge in [-0.2, -0.15) is 0 Å². The molecule has 1 saturated heterocycles. The van der Waals surface area contributed by atoms with Crippen molar-refractivity contribution in [1.29, 1.82) is 0 Å². The molecule has 4 amide bonds. The Morgan fingerprint density at radius 1 is 1.24 bits per heavy atom. The van der Waals surface area contributed by atoms with Gasteiger partial charge >= 0.3 is 6.03 Å². The van der Waals surface area contributed by atoms with Gasteiger partial charge in [0.25, 0.3) is 5.91 Å². The maximum Gasteiger partial charge on any atom is 0.325 e. The molecule has 3 N–H and O–H groups in total. The predicted octanol–water partition coefficient (Wildman–Crippen LogP) is 3.74. The van der Waals surface area contributed by atoms with Gasteiger partial charge in [0, 0.05) is 30.2 Å². The van der Waals surface area contributed by atoms with Gasteiger partial charge in [-0.3, -0.25) is 19.5 Å². The number of halogens is 2. The normalized spacial score (nSPS) is 17.6. The van der Waals surface area contributed by atoms with Gasteiger partial charge < -0.3 is 16.0 Å². The standard InChI is InChI=1S/C26H26ClFN6O3/c1-3-21(15-5-4-6-17(27)11-15)32-26(37)34-23(25(36)33(2)18-7-9-30-10-8-18)19(24(34)35)12-16-13-22(29)31-14-20(16)28/h4-11,13-14,19,21,23H,3,12H2,1-2H3,(H2,29,31)(H,32,37)/t19-,21-,23+/m1/s1. The number of nitrogens with zero attached hydrogens (tertiary/aromatic N) is 4. The molecule has 4 rings (SSSR count). The summed E-state index contributed by atoms with van der Waals surface area (Å²) in [5.74, 6) is -2.61. The van der Waals surface area contributed by atoms with Crippen molar-refractivity contribution in [1.82, 2.24) is 20.2 Å². The Bertz CT molecular complexity index is 1320. The molecule has 2 aromatic heterocycles. The molecule has 192 valence electrons. The van der Waals surface area contributed by atoms with E-state index in [1.165, 1.54) is 23.4 Å². The fourth-order valence-electron chi connectivity index (χ4n) is 4.41. The third-order valence-corrected chi connectivity index (χ3v) is 6.65. The first-order chi connectivity index (χ1) is 17.7. The van der Waals surface area contributed by atoms with Crippen LogP contribution in [-0.4, -0.2) is 45.8 Å². The minimum Gasteiger partial charge on any atom is -0.384 e. The van der Waals surface area contributed by atoms with Crippen LogP contribution in [-0.2, 0) is 16.0 Å². The van der Waals surface area contributed by atoms with Crippen LogP contribution >= 0.6 is 11.6 Å². The van der Waals surface area contributed by atoms with Crippen molar-refractivity contribution in [2.75, 3.05) is 17.7 Å². The number of nitrogens with two attached hydrogens (primary N) is 1. The molecule has 0 spiro atoms. The Hall–Kier alpha value is -4.05. The Labute approximate surface area is 218 Å². The molecule has 3 atom stereocenters. The van der Waals surface area contributed by atoms with Crippen LogP contribution in [0.4, 0.5) is 20.7 Å². The van der Waals surface area contributed by atoms with Crippen LogP contribution in [0.1, 0.15) is 30.5 Å². The van der Waals surface area contributed by atoms with Crippen LogP contribution < -0.4 is 16.0 Å². The van der Waals surface area contributed by atoms with E-state index >= 15 is 0 Å². The number of hydrogen-bond donors (Lipinski definition) is 2. The molecule has 3 heterocycles. The van der Waals surface area contributed by atoms with Crippen LogP contribution in [0.5, 0.6) is 0 Å². The zero-order valence-corrected chi connectivity index (χ0v) is 21.0. The number of carbonyl (C=O) groups excluding carboxylic acids is 3. The zero-order chi connectivity index (χ0) is 26.7. The first kappa shape index (κ1) is 26.0. The van der Waals surface area contributed by atoms with E-state index in [0.717, 1.165) is 16.7 Å². The van der Waals surface area contributed by atoms with Crippen LogP contribution in [0.25, 0.3) is 0 Å². The number of hydrogen-bond acceptors (Lipinski definition) is 6. The van der Waals surface area contributed by atoms with Gasteiger partial charge in [-0.1, -0.05) is 30.7 Å². The summed E-state index contributed by atoms with van der Waals surface area (Å²) in [6.07, 6.45) is 4.43. The number of imide groups is 1. The molecule has 9 nitrogen and oxygen atoms in total. The lowest BCUT2D eigenvalue weighted by atomic mass is 9.81. The number of β-lactam (4-membered cyclic amide) rings is 1. The summed E-state index contributed by atoms with van der Waals surface area (Å²) >= 11 is 6.11. The topological polar surface area (TPSA) is 122 Å². The molecular formula is C26H26ClFN6O3. The van der Waals surface area contributed by atoms with E-state index in [2.05, 4.69) is 15.3 Å². The lowest BCUT2D eigenvalue weighted by Gasteiger charge is -2.46. The molecule has 1 aromatic carbocycles.